The van der Waals surface area contributed by atoms with Gasteiger partial charge in [-0.3, -0.25) is 0 Å². The second kappa shape index (κ2) is 3.87. The molecule has 1 fully saturated rings. The summed E-state index contributed by atoms with van der Waals surface area (Å²) < 4.78 is 9.54. The van der Waals surface area contributed by atoms with Crippen LogP contribution < -0.4 is 0 Å². The third kappa shape index (κ3) is 1.83. The zero-order valence-corrected chi connectivity index (χ0v) is 7.25. The van der Waals surface area contributed by atoms with Crippen LogP contribution in [0.15, 0.2) is 0 Å². The van der Waals surface area contributed by atoms with Crippen LogP contribution >= 0.6 is 0 Å². The fourth-order valence-corrected chi connectivity index (χ4v) is 1.30. The summed E-state index contributed by atoms with van der Waals surface area (Å²) in [6.07, 6.45) is -3.59. The fourth-order valence-electron chi connectivity index (χ4n) is 1.30. The van der Waals surface area contributed by atoms with E-state index in [1.807, 2.05) is 0 Å². The maximum Gasteiger partial charge on any atom is 0.219 e. The van der Waals surface area contributed by atoms with Crippen LogP contribution in [0.5, 0.6) is 0 Å². The molecule has 4 N–H and O–H groups in total. The topological polar surface area (TPSA) is 99.4 Å². The average Bonchev–Trinajstić information content (AvgIpc) is 2.33. The number of ether oxygens (including phenoxy) is 2. The molecule has 1 aliphatic rings. The van der Waals surface area contributed by atoms with Crippen LogP contribution in [0.1, 0.15) is 0 Å². The summed E-state index contributed by atoms with van der Waals surface area (Å²) in [5, 5.41) is 36.7. The maximum absolute atomic E-state index is 9.40. The standard InChI is InChI=1S/C7H14O6/c1-12-2-4-5(9)6(10)7(11,3-8)13-4/h4-6,8-11H,2-3H2,1H3/t4-,5-,6+,7+/m1/s1. The van der Waals surface area contributed by atoms with E-state index < -0.39 is 30.7 Å². The van der Waals surface area contributed by atoms with E-state index >= 15 is 0 Å². The Kier molecular flexibility index (Phi) is 3.23. The second-order valence-corrected chi connectivity index (χ2v) is 3.05. The minimum Gasteiger partial charge on any atom is -0.391 e. The number of aliphatic hydroxyl groups is 4. The minimum absolute atomic E-state index is 0.0422. The van der Waals surface area contributed by atoms with Crippen molar-refractivity contribution in [3.8, 4) is 0 Å². The van der Waals surface area contributed by atoms with E-state index in [0.29, 0.717) is 0 Å². The van der Waals surface area contributed by atoms with Gasteiger partial charge in [-0.25, -0.2) is 0 Å². The molecule has 0 aromatic rings. The fraction of sp³-hybridized carbons (Fsp3) is 1.00. The quantitative estimate of drug-likeness (QED) is 0.394. The summed E-state index contributed by atoms with van der Waals surface area (Å²) in [5.74, 6) is -2.08. The second-order valence-electron chi connectivity index (χ2n) is 3.05. The van der Waals surface area contributed by atoms with Gasteiger partial charge in [0, 0.05) is 7.11 Å². The zero-order valence-electron chi connectivity index (χ0n) is 7.25. The van der Waals surface area contributed by atoms with Gasteiger partial charge in [0.2, 0.25) is 5.79 Å². The van der Waals surface area contributed by atoms with Crippen molar-refractivity contribution in [3.05, 3.63) is 0 Å². The normalized spacial score (nSPS) is 45.5. The van der Waals surface area contributed by atoms with E-state index in [0.717, 1.165) is 0 Å². The van der Waals surface area contributed by atoms with Gasteiger partial charge in [-0.1, -0.05) is 0 Å². The molecule has 0 bridgehead atoms. The molecule has 6 nitrogen and oxygen atoms in total. The molecule has 0 unspecified atom stereocenters. The van der Waals surface area contributed by atoms with E-state index in [2.05, 4.69) is 0 Å². The van der Waals surface area contributed by atoms with Gasteiger partial charge in [-0.2, -0.15) is 0 Å². The number of hydrogen-bond acceptors (Lipinski definition) is 6. The molecule has 0 amide bonds. The largest absolute Gasteiger partial charge is 0.391 e. The van der Waals surface area contributed by atoms with Crippen molar-refractivity contribution in [2.24, 2.45) is 0 Å². The number of aliphatic hydroxyl groups excluding tert-OH is 3. The monoisotopic (exact) mass is 194 g/mol. The molecular weight excluding hydrogens is 180 g/mol. The Labute approximate surface area is 75.3 Å². The summed E-state index contributed by atoms with van der Waals surface area (Å²) in [7, 11) is 1.40. The molecule has 0 aromatic heterocycles. The average molecular weight is 194 g/mol. The molecule has 78 valence electrons. The van der Waals surface area contributed by atoms with Crippen LogP contribution in [-0.2, 0) is 9.47 Å². The number of methoxy groups -OCH3 is 1. The highest BCUT2D eigenvalue weighted by Gasteiger charge is 2.52. The zero-order chi connectivity index (χ0) is 10.1. The van der Waals surface area contributed by atoms with Crippen LogP contribution in [-0.4, -0.2) is 64.8 Å². The Morgan fingerprint density at radius 2 is 2.08 bits per heavy atom. The molecule has 0 aliphatic carbocycles. The Hall–Kier alpha value is -0.240. The third-order valence-corrected chi connectivity index (χ3v) is 2.08. The molecule has 1 saturated heterocycles. The van der Waals surface area contributed by atoms with E-state index in [-0.39, 0.29) is 6.61 Å². The molecule has 1 rings (SSSR count). The highest BCUT2D eigenvalue weighted by molar-refractivity contribution is 4.94. The molecule has 1 aliphatic heterocycles. The first-order chi connectivity index (χ1) is 6.05. The smallest absolute Gasteiger partial charge is 0.219 e. The van der Waals surface area contributed by atoms with Crippen LogP contribution in [0.3, 0.4) is 0 Å². The summed E-state index contributed by atoms with van der Waals surface area (Å²) in [6.45, 7) is -0.730. The first-order valence-corrected chi connectivity index (χ1v) is 3.91. The van der Waals surface area contributed by atoms with Gasteiger partial charge in [-0.15, -0.1) is 0 Å². The lowest BCUT2D eigenvalue weighted by Gasteiger charge is -2.22. The number of rotatable bonds is 3. The van der Waals surface area contributed by atoms with Gasteiger partial charge < -0.3 is 29.9 Å². The highest BCUT2D eigenvalue weighted by atomic mass is 16.7. The van der Waals surface area contributed by atoms with Crippen LogP contribution in [0.25, 0.3) is 0 Å². The van der Waals surface area contributed by atoms with Crippen molar-refractivity contribution in [3.63, 3.8) is 0 Å². The lowest BCUT2D eigenvalue weighted by Crippen LogP contribution is -2.46. The van der Waals surface area contributed by atoms with E-state index in [9.17, 15) is 15.3 Å². The summed E-state index contributed by atoms with van der Waals surface area (Å²) >= 11 is 0. The van der Waals surface area contributed by atoms with Crippen molar-refractivity contribution in [1.29, 1.82) is 0 Å². The van der Waals surface area contributed by atoms with Gasteiger partial charge in [0.25, 0.3) is 0 Å². The molecule has 1 heterocycles. The maximum atomic E-state index is 9.40. The predicted molar refractivity (Wildman–Crippen MR) is 40.8 cm³/mol. The molecule has 0 aromatic carbocycles. The van der Waals surface area contributed by atoms with Crippen LogP contribution in [0, 0.1) is 0 Å². The van der Waals surface area contributed by atoms with E-state index in [4.69, 9.17) is 14.6 Å². The van der Waals surface area contributed by atoms with Gasteiger partial charge in [0.1, 0.15) is 18.3 Å². The first kappa shape index (κ1) is 10.8. The Balaban J connectivity index is 2.66. The van der Waals surface area contributed by atoms with Gasteiger partial charge in [-0.05, 0) is 0 Å². The Morgan fingerprint density at radius 3 is 2.46 bits per heavy atom. The summed E-state index contributed by atoms with van der Waals surface area (Å²) in [6, 6.07) is 0. The first-order valence-electron chi connectivity index (χ1n) is 3.91. The number of hydrogen-bond donors (Lipinski definition) is 4. The van der Waals surface area contributed by atoms with Crippen LogP contribution in [0.4, 0.5) is 0 Å². The van der Waals surface area contributed by atoms with Crippen molar-refractivity contribution in [2.75, 3.05) is 20.3 Å². The van der Waals surface area contributed by atoms with Gasteiger partial charge in [0.15, 0.2) is 0 Å². The van der Waals surface area contributed by atoms with E-state index in [1.54, 1.807) is 0 Å². The Morgan fingerprint density at radius 1 is 1.46 bits per heavy atom. The molecular formula is C7H14O6. The molecule has 0 saturated carbocycles. The molecule has 0 spiro atoms. The van der Waals surface area contributed by atoms with Crippen molar-refractivity contribution in [1.82, 2.24) is 0 Å². The lowest BCUT2D eigenvalue weighted by atomic mass is 10.1. The summed E-state index contributed by atoms with van der Waals surface area (Å²) in [5.41, 5.74) is 0. The van der Waals surface area contributed by atoms with Crippen molar-refractivity contribution in [2.45, 2.75) is 24.1 Å². The minimum atomic E-state index is -2.08. The molecule has 0 radical (unpaired) electrons. The van der Waals surface area contributed by atoms with Crippen molar-refractivity contribution < 1.29 is 29.9 Å². The van der Waals surface area contributed by atoms with E-state index in [1.165, 1.54) is 7.11 Å². The van der Waals surface area contributed by atoms with Crippen molar-refractivity contribution >= 4 is 0 Å². The van der Waals surface area contributed by atoms with Gasteiger partial charge in [0.05, 0.1) is 13.2 Å². The Bertz CT molecular complexity index is 174. The SMILES string of the molecule is COC[C@H]1O[C@@](O)(CO)[C@@H](O)[C@@H]1O. The van der Waals surface area contributed by atoms with Crippen LogP contribution in [0.2, 0.25) is 0 Å². The molecule has 4 atom stereocenters. The molecule has 6 heteroatoms. The third-order valence-electron chi connectivity index (χ3n) is 2.08. The summed E-state index contributed by atoms with van der Waals surface area (Å²) in [4.78, 5) is 0. The predicted octanol–water partition coefficient (Wildman–Crippen LogP) is -2.57. The highest BCUT2D eigenvalue weighted by Crippen LogP contribution is 2.28. The lowest BCUT2D eigenvalue weighted by molar-refractivity contribution is -0.248. The molecule has 13 heavy (non-hydrogen) atoms. The van der Waals surface area contributed by atoms with Gasteiger partial charge >= 0.3 is 0 Å².